The van der Waals surface area contributed by atoms with Gasteiger partial charge >= 0.3 is 5.69 Å². The summed E-state index contributed by atoms with van der Waals surface area (Å²) >= 11 is 0. The van der Waals surface area contributed by atoms with Gasteiger partial charge in [-0.2, -0.15) is 5.10 Å². The molecule has 0 atom stereocenters. The maximum atomic E-state index is 11.9. The Bertz CT molecular complexity index is 1240. The third-order valence-corrected chi connectivity index (χ3v) is 4.55. The van der Waals surface area contributed by atoms with E-state index in [-0.39, 0.29) is 5.56 Å². The van der Waals surface area contributed by atoms with Crippen LogP contribution in [-0.4, -0.2) is 24.6 Å². The Labute approximate surface area is 163 Å². The molecule has 5 rings (SSSR count). The van der Waals surface area contributed by atoms with Gasteiger partial charge in [0.2, 0.25) is 0 Å². The minimum Gasteiger partial charge on any atom is -0.313 e. The molecule has 2 N–H and O–H groups in total. The highest BCUT2D eigenvalue weighted by atomic mass is 19.3. The zero-order valence-electron chi connectivity index (χ0n) is 15.2. The third kappa shape index (κ3) is 4.13. The molecular weight excluding hydrogens is 380 g/mol. The van der Waals surface area contributed by atoms with E-state index in [2.05, 4.69) is 20.1 Å². The summed E-state index contributed by atoms with van der Waals surface area (Å²) in [5.74, 6) is 0.489. The molecule has 0 aliphatic heterocycles. The van der Waals surface area contributed by atoms with Crippen LogP contribution in [0.15, 0.2) is 64.6 Å². The van der Waals surface area contributed by atoms with E-state index in [4.69, 9.17) is 0 Å². The summed E-state index contributed by atoms with van der Waals surface area (Å²) in [5, 5.41) is 4.38. The van der Waals surface area contributed by atoms with Crippen LogP contribution in [0.4, 0.5) is 8.78 Å². The van der Waals surface area contributed by atoms with Crippen LogP contribution >= 0.6 is 0 Å². The SMILES string of the molecule is FC(F)c1ccccc1.O=c1[nH]cc(-c2cc(C3CC3)c3nccn3n2)c(=O)[nH]1. The highest BCUT2D eigenvalue weighted by molar-refractivity contribution is 5.62. The van der Waals surface area contributed by atoms with E-state index >= 15 is 0 Å². The number of nitrogens with zero attached hydrogens (tertiary/aromatic N) is 3. The van der Waals surface area contributed by atoms with E-state index < -0.39 is 17.7 Å². The topological polar surface area (TPSA) is 95.9 Å². The Morgan fingerprint density at radius 2 is 1.90 bits per heavy atom. The third-order valence-electron chi connectivity index (χ3n) is 4.55. The molecule has 0 saturated heterocycles. The first-order valence-corrected chi connectivity index (χ1v) is 9.02. The van der Waals surface area contributed by atoms with Crippen molar-refractivity contribution in [1.82, 2.24) is 24.6 Å². The number of benzene rings is 1. The Morgan fingerprint density at radius 1 is 1.14 bits per heavy atom. The molecule has 0 bridgehead atoms. The molecule has 1 aliphatic carbocycles. The van der Waals surface area contributed by atoms with Crippen molar-refractivity contribution < 1.29 is 8.78 Å². The summed E-state index contributed by atoms with van der Waals surface area (Å²) in [6, 6.07) is 9.62. The fourth-order valence-electron chi connectivity index (χ4n) is 2.97. The average molecular weight is 397 g/mol. The Balaban J connectivity index is 0.000000192. The summed E-state index contributed by atoms with van der Waals surface area (Å²) < 4.78 is 25.2. The minimum absolute atomic E-state index is 0.0810. The van der Waals surface area contributed by atoms with Crippen molar-refractivity contribution in [3.8, 4) is 11.3 Å². The first-order chi connectivity index (χ1) is 14.0. The number of fused-ring (bicyclic) bond motifs is 1. The lowest BCUT2D eigenvalue weighted by molar-refractivity contribution is 0.151. The number of aromatic amines is 2. The molecular formula is C20H17F2N5O2. The van der Waals surface area contributed by atoms with E-state index in [9.17, 15) is 18.4 Å². The number of rotatable bonds is 3. The van der Waals surface area contributed by atoms with Gasteiger partial charge in [-0.25, -0.2) is 23.1 Å². The van der Waals surface area contributed by atoms with Crippen molar-refractivity contribution in [1.29, 1.82) is 0 Å². The molecule has 0 radical (unpaired) electrons. The standard InChI is InChI=1S/C13H11N5O2.C7H6F2/c19-12-9(6-15-13(20)16-12)10-5-8(7-1-2-7)11-14-3-4-18(11)17-10;8-7(9)6-4-2-1-3-5-6/h3-7H,1-2H2,(H2,15,16,19,20);1-5,7H. The molecule has 1 saturated carbocycles. The highest BCUT2D eigenvalue weighted by Gasteiger charge is 2.27. The fourth-order valence-corrected chi connectivity index (χ4v) is 2.97. The minimum atomic E-state index is -2.34. The van der Waals surface area contributed by atoms with Crippen LogP contribution in [0.1, 0.15) is 36.3 Å². The molecule has 7 nitrogen and oxygen atoms in total. The molecule has 9 heteroatoms. The van der Waals surface area contributed by atoms with E-state index in [1.165, 1.54) is 18.3 Å². The Hall–Kier alpha value is -3.62. The number of alkyl halides is 2. The monoisotopic (exact) mass is 397 g/mol. The quantitative estimate of drug-likeness (QED) is 0.555. The number of aromatic nitrogens is 5. The maximum absolute atomic E-state index is 11.9. The number of hydrogen-bond donors (Lipinski definition) is 2. The van der Waals surface area contributed by atoms with Gasteiger partial charge in [0.1, 0.15) is 0 Å². The van der Waals surface area contributed by atoms with Gasteiger partial charge in [-0.15, -0.1) is 0 Å². The van der Waals surface area contributed by atoms with Crippen LogP contribution in [0.3, 0.4) is 0 Å². The van der Waals surface area contributed by atoms with Crippen molar-refractivity contribution in [2.75, 3.05) is 0 Å². The zero-order valence-corrected chi connectivity index (χ0v) is 15.2. The molecule has 1 aromatic carbocycles. The summed E-state index contributed by atoms with van der Waals surface area (Å²) in [6.07, 6.45) is 4.76. The van der Waals surface area contributed by atoms with Crippen molar-refractivity contribution in [3.63, 3.8) is 0 Å². The lowest BCUT2D eigenvalue weighted by Gasteiger charge is -2.05. The van der Waals surface area contributed by atoms with Crippen LogP contribution in [0.5, 0.6) is 0 Å². The van der Waals surface area contributed by atoms with Gasteiger partial charge in [-0.3, -0.25) is 9.78 Å². The molecule has 0 spiro atoms. The van der Waals surface area contributed by atoms with Crippen LogP contribution in [0.25, 0.3) is 16.9 Å². The molecule has 1 aliphatic rings. The molecule has 148 valence electrons. The van der Waals surface area contributed by atoms with Gasteiger partial charge in [-0.05, 0) is 24.8 Å². The number of H-pyrrole nitrogens is 2. The van der Waals surface area contributed by atoms with Crippen LogP contribution in [0.2, 0.25) is 0 Å². The van der Waals surface area contributed by atoms with Crippen molar-refractivity contribution >= 4 is 5.65 Å². The van der Waals surface area contributed by atoms with Crippen molar-refractivity contribution in [2.45, 2.75) is 25.2 Å². The van der Waals surface area contributed by atoms with Crippen LogP contribution in [0, 0.1) is 0 Å². The van der Waals surface area contributed by atoms with Crippen molar-refractivity contribution in [2.24, 2.45) is 0 Å². The second-order valence-electron chi connectivity index (χ2n) is 6.65. The summed E-state index contributed by atoms with van der Waals surface area (Å²) in [7, 11) is 0. The lowest BCUT2D eigenvalue weighted by atomic mass is 10.1. The molecule has 0 unspecified atom stereocenters. The number of nitrogens with one attached hydrogen (secondary N) is 2. The van der Waals surface area contributed by atoms with Gasteiger partial charge < -0.3 is 4.98 Å². The second kappa shape index (κ2) is 7.78. The first-order valence-electron chi connectivity index (χ1n) is 9.02. The van der Waals surface area contributed by atoms with E-state index in [1.54, 1.807) is 35.1 Å². The Kier molecular flexibility index (Phi) is 5.03. The maximum Gasteiger partial charge on any atom is 0.325 e. The van der Waals surface area contributed by atoms with Gasteiger partial charge in [0.15, 0.2) is 5.65 Å². The van der Waals surface area contributed by atoms with Gasteiger partial charge in [-0.1, -0.05) is 30.3 Å². The molecule has 3 heterocycles. The van der Waals surface area contributed by atoms with Gasteiger partial charge in [0.25, 0.3) is 12.0 Å². The van der Waals surface area contributed by atoms with Crippen LogP contribution < -0.4 is 11.2 Å². The molecule has 0 amide bonds. The predicted octanol–water partition coefficient (Wildman–Crippen LogP) is 3.27. The average Bonchev–Trinajstić information content (AvgIpc) is 3.45. The zero-order chi connectivity index (χ0) is 20.4. The summed E-state index contributed by atoms with van der Waals surface area (Å²) in [4.78, 5) is 31.9. The molecule has 29 heavy (non-hydrogen) atoms. The smallest absolute Gasteiger partial charge is 0.313 e. The number of halogens is 2. The normalized spacial score (nSPS) is 13.3. The highest BCUT2D eigenvalue weighted by Crippen LogP contribution is 2.42. The summed E-state index contributed by atoms with van der Waals surface area (Å²) in [5.41, 5.74) is 1.93. The Morgan fingerprint density at radius 3 is 2.52 bits per heavy atom. The number of imidazole rings is 1. The van der Waals surface area contributed by atoms with E-state index in [0.29, 0.717) is 17.2 Å². The fraction of sp³-hybridized carbons (Fsp3) is 0.200. The second-order valence-corrected chi connectivity index (χ2v) is 6.65. The van der Waals surface area contributed by atoms with Crippen molar-refractivity contribution in [3.05, 3.63) is 87.0 Å². The largest absolute Gasteiger partial charge is 0.325 e. The summed E-state index contributed by atoms with van der Waals surface area (Å²) in [6.45, 7) is 0. The lowest BCUT2D eigenvalue weighted by Crippen LogP contribution is -2.23. The van der Waals surface area contributed by atoms with Crippen LogP contribution in [-0.2, 0) is 0 Å². The molecule has 3 aromatic heterocycles. The van der Waals surface area contributed by atoms with E-state index in [0.717, 1.165) is 24.1 Å². The van der Waals surface area contributed by atoms with E-state index in [1.807, 2.05) is 6.07 Å². The molecule has 4 aromatic rings. The van der Waals surface area contributed by atoms with Gasteiger partial charge in [0, 0.05) is 29.7 Å². The molecule has 1 fully saturated rings. The predicted molar refractivity (Wildman–Crippen MR) is 103 cm³/mol. The van der Waals surface area contributed by atoms with Gasteiger partial charge in [0.05, 0.1) is 11.3 Å². The first kappa shape index (κ1) is 18.7. The number of hydrogen-bond acceptors (Lipinski definition) is 4.